The first-order valence-electron chi connectivity index (χ1n) is 14.2. The Balaban J connectivity index is 1.49. The normalized spacial score (nSPS) is 12.7. The van der Waals surface area contributed by atoms with E-state index >= 15 is 0 Å². The minimum Gasteiger partial charge on any atom is -0.152 e. The van der Waals surface area contributed by atoms with Gasteiger partial charge in [0.05, 0.1) is 5.69 Å². The monoisotopic (exact) mass is 555 g/mol. The zero-order valence-electron chi connectivity index (χ0n) is 24.5. The third-order valence-electron chi connectivity index (χ3n) is 7.61. The molecule has 4 aromatic carbocycles. The second kappa shape index (κ2) is 9.58. The van der Waals surface area contributed by atoms with E-state index in [9.17, 15) is 0 Å². The van der Waals surface area contributed by atoms with Gasteiger partial charge >= 0.3 is 0 Å². The molecule has 0 fully saturated rings. The van der Waals surface area contributed by atoms with Crippen molar-refractivity contribution >= 4 is 33.1 Å². The Hall–Kier alpha value is -4.92. The molecule has 0 N–H and O–H groups in total. The highest BCUT2D eigenvalue weighted by atomic mass is 15.6. The first kappa shape index (κ1) is 26.0. The minimum atomic E-state index is -0.589. The summed E-state index contributed by atoms with van der Waals surface area (Å²) >= 11 is 0. The minimum absolute atomic E-state index is 0.0924. The summed E-state index contributed by atoms with van der Waals surface area (Å²) in [4.78, 5) is 5.13. The Morgan fingerprint density at radius 2 is 0.952 bits per heavy atom. The highest BCUT2D eigenvalue weighted by Gasteiger charge is 2.31. The fourth-order valence-electron chi connectivity index (χ4n) is 6.06. The maximum atomic E-state index is 4.90. The molecule has 42 heavy (non-hydrogen) atoms. The number of hydrogen-bond donors (Lipinski definition) is 0. The van der Waals surface area contributed by atoms with Crippen LogP contribution in [0.1, 0.15) is 58.3 Å². The van der Waals surface area contributed by atoms with Crippen molar-refractivity contribution < 1.29 is 0 Å². The van der Waals surface area contributed by atoms with E-state index in [0.717, 1.165) is 50.8 Å². The molecule has 0 radical (unpaired) electrons. The zero-order valence-corrected chi connectivity index (χ0v) is 24.5. The average molecular weight is 556 g/mol. The largest absolute Gasteiger partial charge is 0.209 e. The van der Waals surface area contributed by atoms with Crippen molar-refractivity contribution in [3.63, 3.8) is 0 Å². The summed E-state index contributed by atoms with van der Waals surface area (Å²) in [6.07, 6.45) is 0.420. The van der Waals surface area contributed by atoms with Crippen molar-refractivity contribution in [2.45, 2.75) is 52.6 Å². The van der Waals surface area contributed by atoms with Gasteiger partial charge in [-0.1, -0.05) is 83.1 Å². The third-order valence-corrected chi connectivity index (χ3v) is 7.61. The number of aromatic nitrogens is 9. The van der Waals surface area contributed by atoms with Crippen molar-refractivity contribution in [2.24, 2.45) is 5.41 Å². The first-order chi connectivity index (χ1) is 20.1. The first-order valence-corrected chi connectivity index (χ1v) is 14.2. The molecule has 0 saturated carbocycles. The highest BCUT2D eigenvalue weighted by Crippen LogP contribution is 2.38. The second-order valence-electron chi connectivity index (χ2n) is 12.8. The van der Waals surface area contributed by atoms with Gasteiger partial charge in [0, 0.05) is 5.56 Å². The summed E-state index contributed by atoms with van der Waals surface area (Å²) in [7, 11) is 0. The van der Waals surface area contributed by atoms with Crippen LogP contribution in [0, 0.1) is 5.41 Å². The molecule has 3 aromatic heterocycles. The van der Waals surface area contributed by atoms with Gasteiger partial charge < -0.3 is 0 Å². The molecule has 0 saturated heterocycles. The maximum Gasteiger partial charge on any atom is 0.209 e. The van der Waals surface area contributed by atoms with Crippen molar-refractivity contribution in [3.8, 4) is 5.69 Å². The van der Waals surface area contributed by atoms with Gasteiger partial charge in [0.2, 0.25) is 6.17 Å². The van der Waals surface area contributed by atoms with Crippen LogP contribution in [-0.2, 0) is 5.41 Å². The SMILES string of the molecule is CC(C)(C)CC(C)(C)c1ccc(C(n2nc3ccccc3n2)n2nc3ccccc3n2)c(-n2nc3ccccc3n2)c1. The van der Waals surface area contributed by atoms with E-state index in [1.165, 1.54) is 5.56 Å². The Bertz CT molecular complexity index is 1880. The topological polar surface area (TPSA) is 92.1 Å². The quantitative estimate of drug-likeness (QED) is 0.226. The van der Waals surface area contributed by atoms with Gasteiger partial charge in [-0.25, -0.2) is 0 Å². The fraction of sp³-hybridized carbons (Fsp3) is 0.273. The number of nitrogens with zero attached hydrogens (tertiary/aromatic N) is 9. The average Bonchev–Trinajstić information content (AvgIpc) is 3.68. The summed E-state index contributed by atoms with van der Waals surface area (Å²) in [6, 6.07) is 30.2. The predicted octanol–water partition coefficient (Wildman–Crippen LogP) is 6.72. The van der Waals surface area contributed by atoms with Crippen LogP contribution >= 0.6 is 0 Å². The van der Waals surface area contributed by atoms with E-state index < -0.39 is 6.17 Å². The standard InChI is InChI=1S/C33H33N9/c1-32(2,3)21-33(4,5)22-18-19-23(30(20-22)40-34-24-12-6-7-13-25(24)35-40)31(41-36-26-14-8-9-15-27(26)37-41)42-38-28-16-10-11-17-29(28)39-42/h6-20,31H,21H2,1-5H3. The van der Waals surface area contributed by atoms with Crippen molar-refractivity contribution in [1.82, 2.24) is 45.0 Å². The number of fused-ring (bicyclic) bond motifs is 3. The van der Waals surface area contributed by atoms with Crippen molar-refractivity contribution in [3.05, 3.63) is 102 Å². The van der Waals surface area contributed by atoms with Crippen molar-refractivity contribution in [2.75, 3.05) is 0 Å². The molecular formula is C33H33N9. The highest BCUT2D eigenvalue weighted by molar-refractivity contribution is 5.75. The molecule has 0 unspecified atom stereocenters. The molecule has 0 atom stereocenters. The maximum absolute atomic E-state index is 4.90. The molecule has 0 aliphatic rings. The van der Waals surface area contributed by atoms with Gasteiger partial charge in [-0.05, 0) is 65.3 Å². The Morgan fingerprint density at radius 3 is 1.36 bits per heavy atom. The van der Waals surface area contributed by atoms with Crippen LogP contribution < -0.4 is 0 Å². The van der Waals surface area contributed by atoms with Crippen LogP contribution in [-0.4, -0.2) is 45.0 Å². The van der Waals surface area contributed by atoms with E-state index in [-0.39, 0.29) is 10.8 Å². The van der Waals surface area contributed by atoms with Crippen LogP contribution in [0.25, 0.3) is 38.8 Å². The summed E-state index contributed by atoms with van der Waals surface area (Å²) < 4.78 is 0. The van der Waals surface area contributed by atoms with E-state index in [4.69, 9.17) is 30.6 Å². The summed E-state index contributed by atoms with van der Waals surface area (Å²) in [5.41, 5.74) is 7.82. The lowest BCUT2D eigenvalue weighted by molar-refractivity contribution is 0.284. The third kappa shape index (κ3) is 4.70. The van der Waals surface area contributed by atoms with Crippen LogP contribution in [0.15, 0.2) is 91.0 Å². The van der Waals surface area contributed by atoms with E-state index in [1.54, 1.807) is 14.4 Å². The lowest BCUT2D eigenvalue weighted by atomic mass is 9.72. The van der Waals surface area contributed by atoms with Crippen LogP contribution in [0.5, 0.6) is 0 Å². The predicted molar refractivity (Wildman–Crippen MR) is 165 cm³/mol. The Morgan fingerprint density at radius 1 is 0.548 bits per heavy atom. The molecular weight excluding hydrogens is 522 g/mol. The van der Waals surface area contributed by atoms with Gasteiger partial charge in [-0.2, -0.15) is 30.0 Å². The molecule has 3 heterocycles. The van der Waals surface area contributed by atoms with Crippen LogP contribution in [0.2, 0.25) is 0 Å². The molecule has 0 aliphatic carbocycles. The fourth-order valence-corrected chi connectivity index (χ4v) is 6.06. The molecule has 7 rings (SSSR count). The summed E-state index contributed by atoms with van der Waals surface area (Å²) in [6.45, 7) is 11.4. The van der Waals surface area contributed by atoms with Gasteiger partial charge in [0.1, 0.15) is 33.1 Å². The number of rotatable bonds is 6. The smallest absolute Gasteiger partial charge is 0.152 e. The molecule has 0 bridgehead atoms. The Kier molecular flexibility index (Phi) is 5.93. The molecule has 9 heteroatoms. The summed E-state index contributed by atoms with van der Waals surface area (Å²) in [5.74, 6) is 0. The van der Waals surface area contributed by atoms with Gasteiger partial charge in [0.15, 0.2) is 0 Å². The Labute approximate surface area is 243 Å². The number of hydrogen-bond acceptors (Lipinski definition) is 6. The van der Waals surface area contributed by atoms with Crippen LogP contribution in [0.4, 0.5) is 0 Å². The zero-order chi connectivity index (χ0) is 29.1. The molecule has 7 aromatic rings. The van der Waals surface area contributed by atoms with Gasteiger partial charge in [0.25, 0.3) is 0 Å². The van der Waals surface area contributed by atoms with Gasteiger partial charge in [-0.3, -0.25) is 0 Å². The second-order valence-corrected chi connectivity index (χ2v) is 12.8. The lowest BCUT2D eigenvalue weighted by Crippen LogP contribution is -2.28. The molecule has 210 valence electrons. The van der Waals surface area contributed by atoms with E-state index in [0.29, 0.717) is 0 Å². The number of benzene rings is 4. The molecule has 9 nitrogen and oxygen atoms in total. The van der Waals surface area contributed by atoms with Crippen LogP contribution in [0.3, 0.4) is 0 Å². The van der Waals surface area contributed by atoms with Gasteiger partial charge in [-0.15, -0.1) is 15.0 Å². The van der Waals surface area contributed by atoms with E-state index in [2.05, 4.69) is 52.8 Å². The van der Waals surface area contributed by atoms with Crippen molar-refractivity contribution in [1.29, 1.82) is 0 Å². The molecule has 0 aliphatic heterocycles. The van der Waals surface area contributed by atoms with E-state index in [1.807, 2.05) is 72.8 Å². The lowest BCUT2D eigenvalue weighted by Gasteiger charge is -2.33. The summed E-state index contributed by atoms with van der Waals surface area (Å²) in [5, 5.41) is 29.4. The molecule has 0 spiro atoms. The molecule has 0 amide bonds.